The molecule has 1 atom stereocenters. The van der Waals surface area contributed by atoms with Gasteiger partial charge in [-0.15, -0.1) is 0 Å². The van der Waals surface area contributed by atoms with E-state index in [-0.39, 0.29) is 6.03 Å². The van der Waals surface area contributed by atoms with Crippen molar-refractivity contribution in [2.24, 2.45) is 5.92 Å². The van der Waals surface area contributed by atoms with Gasteiger partial charge in [-0.25, -0.2) is 4.79 Å². The van der Waals surface area contributed by atoms with Crippen molar-refractivity contribution in [1.29, 1.82) is 0 Å². The maximum absolute atomic E-state index is 12.5. The van der Waals surface area contributed by atoms with Gasteiger partial charge in [-0.1, -0.05) is 45.9 Å². The Morgan fingerprint density at radius 3 is 2.17 bits per heavy atom. The second-order valence-corrected chi connectivity index (χ2v) is 7.34. The van der Waals surface area contributed by atoms with E-state index in [1.807, 2.05) is 0 Å². The summed E-state index contributed by atoms with van der Waals surface area (Å²) in [6, 6.07) is 6.05. The number of para-hydroxylation sites is 1. The van der Waals surface area contributed by atoms with Gasteiger partial charge in [0.1, 0.15) is 0 Å². The van der Waals surface area contributed by atoms with Crippen molar-refractivity contribution in [1.82, 2.24) is 4.90 Å². The minimum atomic E-state index is -0.407. The fourth-order valence-electron chi connectivity index (χ4n) is 2.89. The summed E-state index contributed by atoms with van der Waals surface area (Å²) in [7, 11) is 1.74. The highest BCUT2D eigenvalue weighted by Crippen LogP contribution is 2.34. The zero-order valence-electron chi connectivity index (χ0n) is 15.0. The first-order chi connectivity index (χ1) is 10.8. The van der Waals surface area contributed by atoms with E-state index in [1.165, 1.54) is 0 Å². The number of carbonyl (C=O) groups is 1. The molecule has 1 saturated carbocycles. The molecule has 2 rings (SSSR count). The Hall–Kier alpha value is -1.55. The number of benzene rings is 1. The van der Waals surface area contributed by atoms with Crippen LogP contribution >= 0.6 is 0 Å². The van der Waals surface area contributed by atoms with E-state index >= 15 is 0 Å². The largest absolute Gasteiger partial charge is 0.391 e. The summed E-state index contributed by atoms with van der Waals surface area (Å²) in [6.07, 6.45) is 1.74. The van der Waals surface area contributed by atoms with E-state index in [9.17, 15) is 9.90 Å². The fraction of sp³-hybridized carbons (Fsp3) is 0.632. The minimum absolute atomic E-state index is 0.153. The predicted octanol–water partition coefficient (Wildman–Crippen LogP) is 4.17. The number of anilines is 1. The first-order valence-electron chi connectivity index (χ1n) is 8.64. The van der Waals surface area contributed by atoms with Crippen LogP contribution in [-0.2, 0) is 0 Å². The molecule has 1 aromatic rings. The Bertz CT molecular complexity index is 524. The van der Waals surface area contributed by atoms with Crippen molar-refractivity contribution in [2.45, 2.75) is 58.5 Å². The number of amides is 2. The van der Waals surface area contributed by atoms with Crippen LogP contribution in [0.25, 0.3) is 0 Å². The number of nitrogens with zero attached hydrogens (tertiary/aromatic N) is 1. The summed E-state index contributed by atoms with van der Waals surface area (Å²) >= 11 is 0. The molecular formula is C19H30N2O2. The number of nitrogens with one attached hydrogen (secondary N) is 1. The van der Waals surface area contributed by atoms with Crippen LogP contribution in [0.3, 0.4) is 0 Å². The number of urea groups is 1. The minimum Gasteiger partial charge on any atom is -0.391 e. The van der Waals surface area contributed by atoms with Crippen LogP contribution in [-0.4, -0.2) is 35.7 Å². The summed E-state index contributed by atoms with van der Waals surface area (Å²) in [5.74, 6) is 1.05. The van der Waals surface area contributed by atoms with Gasteiger partial charge in [-0.3, -0.25) is 0 Å². The third-order valence-corrected chi connectivity index (χ3v) is 4.58. The molecule has 0 aliphatic heterocycles. The van der Waals surface area contributed by atoms with Gasteiger partial charge < -0.3 is 15.3 Å². The number of rotatable bonds is 6. The number of hydrogen-bond acceptors (Lipinski definition) is 2. The highest BCUT2D eigenvalue weighted by molar-refractivity contribution is 5.91. The molecule has 0 bridgehead atoms. The second kappa shape index (κ2) is 7.35. The van der Waals surface area contributed by atoms with Gasteiger partial charge >= 0.3 is 6.03 Å². The predicted molar refractivity (Wildman–Crippen MR) is 95.0 cm³/mol. The molecule has 2 N–H and O–H groups in total. The molecule has 4 nitrogen and oxygen atoms in total. The molecule has 4 heteroatoms. The lowest BCUT2D eigenvalue weighted by atomic mass is 9.93. The van der Waals surface area contributed by atoms with Gasteiger partial charge in [0.15, 0.2) is 0 Å². The zero-order valence-corrected chi connectivity index (χ0v) is 15.0. The molecule has 2 amide bonds. The maximum atomic E-state index is 12.5. The standard InChI is InChI=1S/C19H30N2O2/c1-12(2)15-7-6-8-16(13(3)4)18(15)20-19(23)21(5)11-17(22)14-9-10-14/h6-8,12-14,17,22H,9-11H2,1-5H3,(H,20,23). The SMILES string of the molecule is CC(C)c1cccc(C(C)C)c1NC(=O)N(C)CC(O)C1CC1. The molecule has 128 valence electrons. The lowest BCUT2D eigenvalue weighted by molar-refractivity contribution is 0.117. The van der Waals surface area contributed by atoms with Crippen molar-refractivity contribution < 1.29 is 9.90 Å². The van der Waals surface area contributed by atoms with Gasteiger partial charge in [0.2, 0.25) is 0 Å². The van der Waals surface area contributed by atoms with E-state index < -0.39 is 6.10 Å². The van der Waals surface area contributed by atoms with E-state index in [2.05, 4.69) is 51.2 Å². The van der Waals surface area contributed by atoms with Crippen molar-refractivity contribution in [3.05, 3.63) is 29.3 Å². The van der Waals surface area contributed by atoms with E-state index in [4.69, 9.17) is 0 Å². The molecule has 0 radical (unpaired) electrons. The number of hydrogen-bond donors (Lipinski definition) is 2. The molecule has 1 aliphatic carbocycles. The second-order valence-electron chi connectivity index (χ2n) is 7.34. The van der Waals surface area contributed by atoms with E-state index in [0.29, 0.717) is 24.3 Å². The molecule has 0 saturated heterocycles. The molecule has 1 fully saturated rings. The molecule has 0 heterocycles. The average molecular weight is 318 g/mol. The molecule has 1 unspecified atom stereocenters. The van der Waals surface area contributed by atoms with Crippen LogP contribution in [0.2, 0.25) is 0 Å². The quantitative estimate of drug-likeness (QED) is 0.827. The molecule has 0 aromatic heterocycles. The van der Waals surface area contributed by atoms with Crippen molar-refractivity contribution in [3.63, 3.8) is 0 Å². The lowest BCUT2D eigenvalue weighted by Crippen LogP contribution is -2.38. The lowest BCUT2D eigenvalue weighted by Gasteiger charge is -2.25. The molecule has 23 heavy (non-hydrogen) atoms. The van der Waals surface area contributed by atoms with Gasteiger partial charge in [0.05, 0.1) is 6.10 Å². The maximum Gasteiger partial charge on any atom is 0.321 e. The Labute approximate surface area is 139 Å². The topological polar surface area (TPSA) is 52.6 Å². The van der Waals surface area contributed by atoms with Gasteiger partial charge in [-0.05, 0) is 41.7 Å². The van der Waals surface area contributed by atoms with Gasteiger partial charge in [-0.2, -0.15) is 0 Å². The smallest absolute Gasteiger partial charge is 0.321 e. The van der Waals surface area contributed by atoms with Crippen LogP contribution < -0.4 is 5.32 Å². The Morgan fingerprint density at radius 2 is 1.74 bits per heavy atom. The summed E-state index contributed by atoms with van der Waals surface area (Å²) in [4.78, 5) is 14.1. The summed E-state index contributed by atoms with van der Waals surface area (Å²) in [6.45, 7) is 8.92. The Balaban J connectivity index is 2.15. The highest BCUT2D eigenvalue weighted by atomic mass is 16.3. The Kier molecular flexibility index (Phi) is 5.69. The number of carbonyl (C=O) groups excluding carboxylic acids is 1. The van der Waals surface area contributed by atoms with Crippen molar-refractivity contribution >= 4 is 11.7 Å². The van der Waals surface area contributed by atoms with Gasteiger partial charge in [0.25, 0.3) is 0 Å². The monoisotopic (exact) mass is 318 g/mol. The third kappa shape index (κ3) is 4.47. The molecule has 1 aromatic carbocycles. The number of likely N-dealkylation sites (N-methyl/N-ethyl adjacent to an activating group) is 1. The molecule has 0 spiro atoms. The fourth-order valence-corrected chi connectivity index (χ4v) is 2.89. The average Bonchev–Trinajstić information content (AvgIpc) is 3.31. The summed E-state index contributed by atoms with van der Waals surface area (Å²) in [5.41, 5.74) is 3.23. The normalized spacial score (nSPS) is 15.8. The van der Waals surface area contributed by atoms with Crippen LogP contribution in [0, 0.1) is 5.92 Å². The van der Waals surface area contributed by atoms with E-state index in [0.717, 1.165) is 29.7 Å². The van der Waals surface area contributed by atoms with Gasteiger partial charge in [0, 0.05) is 19.3 Å². The van der Waals surface area contributed by atoms with Crippen LogP contribution in [0.1, 0.15) is 63.5 Å². The zero-order chi connectivity index (χ0) is 17.1. The van der Waals surface area contributed by atoms with E-state index in [1.54, 1.807) is 11.9 Å². The van der Waals surface area contributed by atoms with Crippen molar-refractivity contribution in [3.8, 4) is 0 Å². The highest BCUT2D eigenvalue weighted by Gasteiger charge is 2.31. The number of aliphatic hydroxyl groups is 1. The third-order valence-electron chi connectivity index (χ3n) is 4.58. The first-order valence-corrected chi connectivity index (χ1v) is 8.64. The van der Waals surface area contributed by atoms with Crippen LogP contribution in [0.5, 0.6) is 0 Å². The Morgan fingerprint density at radius 1 is 1.22 bits per heavy atom. The molecule has 1 aliphatic rings. The summed E-state index contributed by atoms with van der Waals surface area (Å²) in [5, 5.41) is 13.1. The summed E-state index contributed by atoms with van der Waals surface area (Å²) < 4.78 is 0. The molecular weight excluding hydrogens is 288 g/mol. The number of aliphatic hydroxyl groups excluding tert-OH is 1. The first kappa shape index (κ1) is 17.8. The van der Waals surface area contributed by atoms with Crippen LogP contribution in [0.15, 0.2) is 18.2 Å². The van der Waals surface area contributed by atoms with Crippen molar-refractivity contribution in [2.75, 3.05) is 18.9 Å². The van der Waals surface area contributed by atoms with Crippen LogP contribution in [0.4, 0.5) is 10.5 Å².